The molecule has 6 nitrogen and oxygen atoms in total. The van der Waals surface area contributed by atoms with E-state index in [1.54, 1.807) is 0 Å². The lowest BCUT2D eigenvalue weighted by atomic mass is 10.0. The van der Waals surface area contributed by atoms with Crippen molar-refractivity contribution in [3.05, 3.63) is 24.3 Å². The van der Waals surface area contributed by atoms with Gasteiger partial charge in [0.05, 0.1) is 0 Å². The Hall–Kier alpha value is -2.11. The number of carbonyl (C=O) groups is 3. The minimum atomic E-state index is -0.773. The molecule has 1 unspecified atom stereocenters. The van der Waals surface area contributed by atoms with Crippen LogP contribution in [-0.4, -0.2) is 37.2 Å². The molecular formula is C71H134O6. The number of hydrogen-bond acceptors (Lipinski definition) is 6. The fourth-order valence-corrected chi connectivity index (χ4v) is 10.7. The number of unbranched alkanes of at least 4 members (excludes halogenated alkanes) is 50. The van der Waals surface area contributed by atoms with Gasteiger partial charge in [0, 0.05) is 19.3 Å². The Morgan fingerprint density at radius 2 is 0.429 bits per heavy atom. The molecule has 0 rings (SSSR count). The minimum absolute atomic E-state index is 0.0687. The topological polar surface area (TPSA) is 78.9 Å². The second kappa shape index (κ2) is 66.4. The molecule has 0 aromatic carbocycles. The molecule has 0 N–H and O–H groups in total. The maximum absolute atomic E-state index is 12.9. The molecule has 6 heteroatoms. The van der Waals surface area contributed by atoms with Crippen molar-refractivity contribution in [3.8, 4) is 0 Å². The van der Waals surface area contributed by atoms with E-state index in [-0.39, 0.29) is 31.1 Å². The SMILES string of the molecule is CCCCC/C=C\CCCCCCCC(=O)OCC(COC(=O)CCCCCCCCCCCCCCCCCCCCCCCCCC)OC(=O)CCCCCCCCCCCCC/C=C\CCCCCCCCCC. The first-order valence-electron chi connectivity index (χ1n) is 34.8. The second-order valence-corrected chi connectivity index (χ2v) is 23.8. The fraction of sp³-hybridized carbons (Fsp3) is 0.901. The molecule has 0 aliphatic heterocycles. The quantitative estimate of drug-likeness (QED) is 0.0261. The number of esters is 3. The van der Waals surface area contributed by atoms with Crippen LogP contribution in [0.25, 0.3) is 0 Å². The molecule has 1 atom stereocenters. The molecule has 0 saturated heterocycles. The summed E-state index contributed by atoms with van der Waals surface area (Å²) in [7, 11) is 0. The first-order chi connectivity index (χ1) is 38.0. The molecule has 0 heterocycles. The second-order valence-electron chi connectivity index (χ2n) is 23.8. The van der Waals surface area contributed by atoms with Crippen LogP contribution in [0.3, 0.4) is 0 Å². The highest BCUT2D eigenvalue weighted by molar-refractivity contribution is 5.71. The van der Waals surface area contributed by atoms with Gasteiger partial charge in [-0.1, -0.05) is 328 Å². The average Bonchev–Trinajstić information content (AvgIpc) is 3.43. The lowest BCUT2D eigenvalue weighted by Crippen LogP contribution is -2.30. The van der Waals surface area contributed by atoms with Crippen molar-refractivity contribution in [3.63, 3.8) is 0 Å². The van der Waals surface area contributed by atoms with Crippen molar-refractivity contribution < 1.29 is 28.6 Å². The third-order valence-corrected chi connectivity index (χ3v) is 15.9. The van der Waals surface area contributed by atoms with Crippen LogP contribution in [0.2, 0.25) is 0 Å². The van der Waals surface area contributed by atoms with Crippen LogP contribution in [0.1, 0.15) is 393 Å². The van der Waals surface area contributed by atoms with Gasteiger partial charge >= 0.3 is 17.9 Å². The van der Waals surface area contributed by atoms with Gasteiger partial charge in [-0.25, -0.2) is 0 Å². The summed E-state index contributed by atoms with van der Waals surface area (Å²) in [6, 6.07) is 0. The number of ether oxygens (including phenoxy) is 3. The van der Waals surface area contributed by atoms with Gasteiger partial charge in [0.25, 0.3) is 0 Å². The van der Waals surface area contributed by atoms with Crippen molar-refractivity contribution >= 4 is 17.9 Å². The summed E-state index contributed by atoms with van der Waals surface area (Å²) in [5, 5.41) is 0. The molecule has 0 aromatic rings. The Labute approximate surface area is 481 Å². The fourth-order valence-electron chi connectivity index (χ4n) is 10.7. The standard InChI is InChI=1S/C71H134O6/c1-4-7-10-13-16-19-22-25-27-29-31-33-35-37-38-40-42-44-46-49-52-55-58-61-64-70(73)76-67-68(66-75-69(72)63-60-57-54-51-48-24-21-18-15-12-9-6-3)77-71(74)65-62-59-56-53-50-47-45-43-41-39-36-34-32-30-28-26-23-20-17-14-11-8-5-2/h18,21,30,32,68H,4-17,19-20,22-29,31,33-67H2,1-3H3/b21-18-,32-30-. The Balaban J connectivity index is 4.21. The monoisotopic (exact) mass is 1080 g/mol. The Kier molecular flexibility index (Phi) is 64.6. The van der Waals surface area contributed by atoms with Crippen LogP contribution in [0.5, 0.6) is 0 Å². The van der Waals surface area contributed by atoms with Crippen molar-refractivity contribution in [1.82, 2.24) is 0 Å². The summed E-state index contributed by atoms with van der Waals surface area (Å²) in [5.41, 5.74) is 0. The summed E-state index contributed by atoms with van der Waals surface area (Å²) < 4.78 is 17.0. The van der Waals surface area contributed by atoms with E-state index in [9.17, 15) is 14.4 Å². The van der Waals surface area contributed by atoms with Gasteiger partial charge in [0.15, 0.2) is 6.10 Å². The zero-order valence-electron chi connectivity index (χ0n) is 52.3. The van der Waals surface area contributed by atoms with Crippen LogP contribution in [0, 0.1) is 0 Å². The number of allylic oxidation sites excluding steroid dienone is 4. The van der Waals surface area contributed by atoms with Crippen molar-refractivity contribution in [2.45, 2.75) is 399 Å². The van der Waals surface area contributed by atoms with Crippen LogP contribution in [-0.2, 0) is 28.6 Å². The van der Waals surface area contributed by atoms with E-state index in [4.69, 9.17) is 14.2 Å². The molecule has 0 radical (unpaired) electrons. The normalized spacial score (nSPS) is 12.1. The highest BCUT2D eigenvalue weighted by atomic mass is 16.6. The first kappa shape index (κ1) is 74.9. The zero-order chi connectivity index (χ0) is 55.7. The summed E-state index contributed by atoms with van der Waals surface area (Å²) in [6.07, 6.45) is 80.7. The zero-order valence-corrected chi connectivity index (χ0v) is 52.3. The molecule has 0 aromatic heterocycles. The molecule has 0 fully saturated rings. The molecule has 0 aliphatic carbocycles. The largest absolute Gasteiger partial charge is 0.462 e. The van der Waals surface area contributed by atoms with E-state index < -0.39 is 6.10 Å². The van der Waals surface area contributed by atoms with Gasteiger partial charge in [-0.05, 0) is 70.6 Å². The summed E-state index contributed by atoms with van der Waals surface area (Å²) in [5.74, 6) is -0.850. The predicted molar refractivity (Wildman–Crippen MR) is 335 cm³/mol. The molecule has 77 heavy (non-hydrogen) atoms. The third kappa shape index (κ3) is 64.6. The van der Waals surface area contributed by atoms with Crippen LogP contribution in [0.4, 0.5) is 0 Å². The summed E-state index contributed by atoms with van der Waals surface area (Å²) in [6.45, 7) is 6.69. The summed E-state index contributed by atoms with van der Waals surface area (Å²) in [4.78, 5) is 38.4. The van der Waals surface area contributed by atoms with Crippen LogP contribution in [0.15, 0.2) is 24.3 Å². The number of rotatable bonds is 65. The van der Waals surface area contributed by atoms with Gasteiger partial charge < -0.3 is 14.2 Å². The Morgan fingerprint density at radius 3 is 0.675 bits per heavy atom. The van der Waals surface area contributed by atoms with Gasteiger partial charge in [0.1, 0.15) is 13.2 Å². The third-order valence-electron chi connectivity index (χ3n) is 15.9. The maximum atomic E-state index is 12.9. The van der Waals surface area contributed by atoms with E-state index in [2.05, 4.69) is 45.1 Å². The van der Waals surface area contributed by atoms with E-state index in [0.29, 0.717) is 19.3 Å². The molecule has 0 aliphatic rings. The number of carbonyl (C=O) groups excluding carboxylic acids is 3. The van der Waals surface area contributed by atoms with Crippen molar-refractivity contribution in [1.29, 1.82) is 0 Å². The molecule has 0 amide bonds. The van der Waals surface area contributed by atoms with E-state index >= 15 is 0 Å². The van der Waals surface area contributed by atoms with Crippen molar-refractivity contribution in [2.75, 3.05) is 13.2 Å². The Bertz CT molecular complexity index is 1240. The molecule has 0 saturated carbocycles. The van der Waals surface area contributed by atoms with E-state index in [1.807, 2.05) is 0 Å². The molecule has 0 bridgehead atoms. The molecule has 0 spiro atoms. The smallest absolute Gasteiger partial charge is 0.306 e. The summed E-state index contributed by atoms with van der Waals surface area (Å²) >= 11 is 0. The van der Waals surface area contributed by atoms with Gasteiger partial charge in [0.2, 0.25) is 0 Å². The maximum Gasteiger partial charge on any atom is 0.306 e. The highest BCUT2D eigenvalue weighted by Gasteiger charge is 2.19. The first-order valence-corrected chi connectivity index (χ1v) is 34.8. The predicted octanol–water partition coefficient (Wildman–Crippen LogP) is 23.8. The van der Waals surface area contributed by atoms with E-state index in [1.165, 1.54) is 289 Å². The van der Waals surface area contributed by atoms with E-state index in [0.717, 1.165) is 64.2 Å². The van der Waals surface area contributed by atoms with Crippen LogP contribution < -0.4 is 0 Å². The van der Waals surface area contributed by atoms with Gasteiger partial charge in [-0.15, -0.1) is 0 Å². The van der Waals surface area contributed by atoms with Gasteiger partial charge in [-0.3, -0.25) is 14.4 Å². The minimum Gasteiger partial charge on any atom is -0.462 e. The number of hydrogen-bond donors (Lipinski definition) is 0. The molecule has 454 valence electrons. The Morgan fingerprint density at radius 1 is 0.247 bits per heavy atom. The highest BCUT2D eigenvalue weighted by Crippen LogP contribution is 2.18. The average molecular weight is 1080 g/mol. The van der Waals surface area contributed by atoms with Crippen molar-refractivity contribution in [2.24, 2.45) is 0 Å². The van der Waals surface area contributed by atoms with Crippen LogP contribution >= 0.6 is 0 Å². The lowest BCUT2D eigenvalue weighted by molar-refractivity contribution is -0.167. The van der Waals surface area contributed by atoms with Gasteiger partial charge in [-0.2, -0.15) is 0 Å². The molecular weight excluding hydrogens is 949 g/mol. The lowest BCUT2D eigenvalue weighted by Gasteiger charge is -2.18.